The number of hydroxylamine groups is 2. The van der Waals surface area contributed by atoms with E-state index in [1.807, 2.05) is 0 Å². The number of carbonyl (C=O) groups excluding carboxylic acids is 3. The Balaban J connectivity index is 2.33. The molecule has 1 aliphatic rings. The molecule has 122 valence electrons. The van der Waals surface area contributed by atoms with Gasteiger partial charge in [0.1, 0.15) is 0 Å². The van der Waals surface area contributed by atoms with Crippen molar-refractivity contribution in [3.63, 3.8) is 0 Å². The first kappa shape index (κ1) is 17.6. The first-order valence-electron chi connectivity index (χ1n) is 6.59. The van der Waals surface area contributed by atoms with Crippen LogP contribution in [0.3, 0.4) is 0 Å². The van der Waals surface area contributed by atoms with Gasteiger partial charge >= 0.3 is 6.09 Å². The molecule has 0 aromatic heterocycles. The zero-order valence-electron chi connectivity index (χ0n) is 12.7. The molecule has 0 unspecified atom stereocenters. The van der Waals surface area contributed by atoms with Crippen molar-refractivity contribution in [1.82, 2.24) is 15.3 Å². The minimum absolute atomic E-state index is 0.0400. The minimum atomic E-state index is -1.31. The third kappa shape index (κ3) is 4.85. The molecule has 0 radical (unpaired) electrons. The van der Waals surface area contributed by atoms with E-state index in [-0.39, 0.29) is 13.1 Å². The van der Waals surface area contributed by atoms with E-state index in [4.69, 9.17) is 9.94 Å². The van der Waals surface area contributed by atoms with Gasteiger partial charge in [-0.05, 0) is 20.8 Å². The van der Waals surface area contributed by atoms with Gasteiger partial charge in [-0.25, -0.2) is 4.79 Å². The highest BCUT2D eigenvalue weighted by molar-refractivity contribution is 6.12. The normalized spacial score (nSPS) is 14.4. The predicted molar refractivity (Wildman–Crippen MR) is 74.4 cm³/mol. The van der Waals surface area contributed by atoms with Gasteiger partial charge in [0.25, 0.3) is 11.8 Å². The molecular weight excluding hydrogens is 294 g/mol. The lowest BCUT2D eigenvalue weighted by molar-refractivity contribution is -0.183. The molecule has 0 saturated heterocycles. The molecule has 0 atom stereocenters. The summed E-state index contributed by atoms with van der Waals surface area (Å²) in [6.45, 7) is 4.48. The number of imide groups is 1. The van der Waals surface area contributed by atoms with Crippen LogP contribution in [0.4, 0.5) is 4.79 Å². The summed E-state index contributed by atoms with van der Waals surface area (Å²) in [5.41, 5.74) is -0.813. The van der Waals surface area contributed by atoms with Crippen LogP contribution in [-0.2, 0) is 19.2 Å². The zero-order chi connectivity index (χ0) is 16.9. The van der Waals surface area contributed by atoms with Crippen LogP contribution >= 0.6 is 0 Å². The topological polar surface area (TPSA) is 116 Å². The standard InChI is InChI=1S/C13H19N3O6/c1-13(2,3)16(12(20)21)22-8-9(17)14-6-7-15-10(18)4-5-11(15)19/h4-5H,6-8H2,1-3H3,(H,14,17)(H,20,21). The SMILES string of the molecule is CC(C)(C)N(OCC(=O)NCCN1C(=O)C=CC1=O)C(=O)O. The number of hydrogen-bond acceptors (Lipinski definition) is 5. The van der Waals surface area contributed by atoms with Crippen LogP contribution in [-0.4, -0.2) is 64.1 Å². The summed E-state index contributed by atoms with van der Waals surface area (Å²) in [4.78, 5) is 51.1. The largest absolute Gasteiger partial charge is 0.463 e. The fraction of sp³-hybridized carbons (Fsp3) is 0.538. The van der Waals surface area contributed by atoms with Gasteiger partial charge in [0, 0.05) is 25.2 Å². The molecule has 0 fully saturated rings. The van der Waals surface area contributed by atoms with Gasteiger partial charge in [0.05, 0.1) is 5.54 Å². The Labute approximate surface area is 127 Å². The van der Waals surface area contributed by atoms with Crippen molar-refractivity contribution in [3.05, 3.63) is 12.2 Å². The first-order chi connectivity index (χ1) is 10.1. The first-order valence-corrected chi connectivity index (χ1v) is 6.59. The third-order valence-electron chi connectivity index (χ3n) is 2.67. The number of hydrogen-bond donors (Lipinski definition) is 2. The summed E-state index contributed by atoms with van der Waals surface area (Å²) in [5, 5.41) is 12.1. The summed E-state index contributed by atoms with van der Waals surface area (Å²) in [6, 6.07) is 0. The van der Waals surface area contributed by atoms with Crippen LogP contribution in [0.25, 0.3) is 0 Å². The van der Waals surface area contributed by atoms with Gasteiger partial charge in [0.15, 0.2) is 6.61 Å². The summed E-state index contributed by atoms with van der Waals surface area (Å²) < 4.78 is 0. The van der Waals surface area contributed by atoms with Gasteiger partial charge in [-0.1, -0.05) is 0 Å². The molecule has 0 bridgehead atoms. The number of rotatable bonds is 6. The van der Waals surface area contributed by atoms with Gasteiger partial charge in [-0.2, -0.15) is 5.06 Å². The van der Waals surface area contributed by atoms with Crippen molar-refractivity contribution < 1.29 is 29.1 Å². The quantitative estimate of drug-likeness (QED) is 0.515. The van der Waals surface area contributed by atoms with Gasteiger partial charge in [0.2, 0.25) is 5.91 Å². The number of carbonyl (C=O) groups is 4. The highest BCUT2D eigenvalue weighted by Gasteiger charge is 2.28. The fourth-order valence-electron chi connectivity index (χ4n) is 1.67. The highest BCUT2D eigenvalue weighted by Crippen LogP contribution is 2.13. The van der Waals surface area contributed by atoms with Crippen LogP contribution < -0.4 is 5.32 Å². The number of amides is 4. The summed E-state index contributed by atoms with van der Waals surface area (Å²) >= 11 is 0. The Morgan fingerprint density at radius 3 is 2.27 bits per heavy atom. The van der Waals surface area contributed by atoms with E-state index in [9.17, 15) is 19.2 Å². The molecule has 1 rings (SSSR count). The Morgan fingerprint density at radius 2 is 1.82 bits per heavy atom. The molecule has 4 amide bonds. The monoisotopic (exact) mass is 313 g/mol. The maximum atomic E-state index is 11.6. The Bertz CT molecular complexity index is 490. The second-order valence-electron chi connectivity index (χ2n) is 5.53. The average molecular weight is 313 g/mol. The summed E-state index contributed by atoms with van der Waals surface area (Å²) in [6.07, 6.45) is 1.00. The number of carboxylic acid groups (broad SMARTS) is 1. The van der Waals surface area contributed by atoms with E-state index in [0.29, 0.717) is 5.06 Å². The molecule has 2 N–H and O–H groups in total. The fourth-order valence-corrected chi connectivity index (χ4v) is 1.67. The van der Waals surface area contributed by atoms with Crippen LogP contribution in [0, 0.1) is 0 Å². The van der Waals surface area contributed by atoms with Crippen molar-refractivity contribution in [2.45, 2.75) is 26.3 Å². The summed E-state index contributed by atoms with van der Waals surface area (Å²) in [7, 11) is 0. The van der Waals surface area contributed by atoms with E-state index >= 15 is 0 Å². The van der Waals surface area contributed by atoms with Crippen molar-refractivity contribution in [2.75, 3.05) is 19.7 Å². The maximum Gasteiger partial charge on any atom is 0.431 e. The molecule has 1 heterocycles. The van der Waals surface area contributed by atoms with Crippen molar-refractivity contribution in [1.29, 1.82) is 0 Å². The lowest BCUT2D eigenvalue weighted by atomic mass is 10.1. The molecule has 0 aliphatic carbocycles. The second kappa shape index (κ2) is 7.03. The Kier molecular flexibility index (Phi) is 5.63. The van der Waals surface area contributed by atoms with Crippen LogP contribution in [0.1, 0.15) is 20.8 Å². The van der Waals surface area contributed by atoms with E-state index in [1.54, 1.807) is 20.8 Å². The number of nitrogens with one attached hydrogen (secondary N) is 1. The van der Waals surface area contributed by atoms with E-state index in [1.165, 1.54) is 0 Å². The van der Waals surface area contributed by atoms with E-state index in [2.05, 4.69) is 5.32 Å². The Hall–Kier alpha value is -2.42. The Morgan fingerprint density at radius 1 is 1.27 bits per heavy atom. The predicted octanol–water partition coefficient (Wildman–Crippen LogP) is -0.262. The maximum absolute atomic E-state index is 11.6. The van der Waals surface area contributed by atoms with Crippen LogP contribution in [0.2, 0.25) is 0 Å². The van der Waals surface area contributed by atoms with E-state index < -0.39 is 36.0 Å². The van der Waals surface area contributed by atoms with Crippen LogP contribution in [0.15, 0.2) is 12.2 Å². The summed E-state index contributed by atoms with van der Waals surface area (Å²) in [5.74, 6) is -1.41. The molecular formula is C13H19N3O6. The molecule has 9 nitrogen and oxygen atoms in total. The van der Waals surface area contributed by atoms with Crippen molar-refractivity contribution >= 4 is 23.8 Å². The average Bonchev–Trinajstić information content (AvgIpc) is 2.68. The van der Waals surface area contributed by atoms with Crippen molar-refractivity contribution in [2.24, 2.45) is 0 Å². The molecule has 1 aliphatic heterocycles. The molecule has 22 heavy (non-hydrogen) atoms. The van der Waals surface area contributed by atoms with Gasteiger partial charge in [-0.3, -0.25) is 24.1 Å². The second-order valence-corrected chi connectivity index (χ2v) is 5.53. The lowest BCUT2D eigenvalue weighted by Crippen LogP contribution is -2.47. The molecule has 0 saturated carbocycles. The smallest absolute Gasteiger partial charge is 0.431 e. The highest BCUT2D eigenvalue weighted by atomic mass is 16.7. The molecule has 0 spiro atoms. The van der Waals surface area contributed by atoms with E-state index in [0.717, 1.165) is 17.1 Å². The zero-order valence-corrected chi connectivity index (χ0v) is 12.7. The van der Waals surface area contributed by atoms with Crippen molar-refractivity contribution in [3.8, 4) is 0 Å². The minimum Gasteiger partial charge on any atom is -0.463 e. The third-order valence-corrected chi connectivity index (χ3v) is 2.67. The van der Waals surface area contributed by atoms with Gasteiger partial charge < -0.3 is 10.4 Å². The lowest BCUT2D eigenvalue weighted by Gasteiger charge is -2.31. The van der Waals surface area contributed by atoms with Gasteiger partial charge in [-0.15, -0.1) is 0 Å². The molecule has 0 aromatic carbocycles. The molecule has 0 aromatic rings. The molecule has 9 heteroatoms. The number of nitrogens with zero attached hydrogens (tertiary/aromatic N) is 2. The van der Waals surface area contributed by atoms with Crippen LogP contribution in [0.5, 0.6) is 0 Å².